The highest BCUT2D eigenvalue weighted by atomic mass is 16.1. The summed E-state index contributed by atoms with van der Waals surface area (Å²) in [5.74, 6) is 1.08. The van der Waals surface area contributed by atoms with Crippen molar-refractivity contribution >= 4 is 18.0 Å². The molecule has 0 spiro atoms. The molecule has 0 amide bonds. The number of aliphatic imine (C=N–C) groups is 1. The number of aryl methyl sites for hydroxylation is 1. The fraction of sp³-hybridized carbons (Fsp3) is 0.308. The van der Waals surface area contributed by atoms with Crippen molar-refractivity contribution in [2.24, 2.45) is 4.99 Å². The third kappa shape index (κ3) is 18.0. The Morgan fingerprint density at radius 1 is 1.11 bits per heavy atom. The molecule has 1 aromatic carbocycles. The first kappa shape index (κ1) is 18.8. The van der Waals surface area contributed by atoms with Crippen molar-refractivity contribution in [1.29, 1.82) is 10.8 Å². The molecular formula is C13H18N4O2. The molecule has 1 aliphatic heterocycles. The minimum absolute atomic E-state index is 0.750. The fourth-order valence-corrected chi connectivity index (χ4v) is 1.05. The van der Waals surface area contributed by atoms with E-state index >= 15 is 0 Å². The molecule has 0 saturated carbocycles. The van der Waals surface area contributed by atoms with E-state index in [1.54, 1.807) is 0 Å². The fourth-order valence-electron chi connectivity index (χ4n) is 1.05. The zero-order chi connectivity index (χ0) is 14.9. The van der Waals surface area contributed by atoms with Gasteiger partial charge in [0.2, 0.25) is 12.2 Å². The Morgan fingerprint density at radius 2 is 1.58 bits per heavy atom. The van der Waals surface area contributed by atoms with Crippen LogP contribution in [0.25, 0.3) is 0 Å². The Balaban J connectivity index is 0. The number of hydrogen-bond donors (Lipinski definition) is 3. The van der Waals surface area contributed by atoms with E-state index in [-0.39, 0.29) is 0 Å². The largest absolute Gasteiger partial charge is 0.372 e. The predicted octanol–water partition coefficient (Wildman–Crippen LogP) is 1.80. The van der Waals surface area contributed by atoms with Gasteiger partial charge in [-0.2, -0.15) is 0 Å². The molecule has 0 fully saturated rings. The molecule has 6 nitrogen and oxygen atoms in total. The van der Waals surface area contributed by atoms with Crippen LogP contribution in [0.4, 0.5) is 0 Å². The molecule has 0 aliphatic carbocycles. The zero-order valence-corrected chi connectivity index (χ0v) is 11.1. The number of carbonyl (C=O) groups excluding carboxylic acids is 2. The lowest BCUT2D eigenvalue weighted by molar-refractivity contribution is 0.562. The van der Waals surface area contributed by atoms with E-state index in [4.69, 9.17) is 20.4 Å². The van der Waals surface area contributed by atoms with E-state index in [0.29, 0.717) is 0 Å². The number of nitrogens with zero attached hydrogens (tertiary/aromatic N) is 1. The molecule has 1 aromatic rings. The first-order valence-corrected chi connectivity index (χ1v) is 5.46. The van der Waals surface area contributed by atoms with Gasteiger partial charge in [-0.15, -0.1) is 0 Å². The standard InChI is InChI=1S/C7H8.C4H8N2.2CHNO/c1-7-5-3-2-4-6-7;1-4-5-2-3-6-4;2*2-1-3/h2-6H,1H3;2-3H2,1H3,(H,5,6);2*2H. The second-order valence-electron chi connectivity index (χ2n) is 3.25. The van der Waals surface area contributed by atoms with Gasteiger partial charge in [0.25, 0.3) is 0 Å². The molecule has 0 saturated heterocycles. The van der Waals surface area contributed by atoms with Gasteiger partial charge in [-0.3, -0.25) is 4.99 Å². The monoisotopic (exact) mass is 262 g/mol. The smallest absolute Gasteiger partial charge is 0.231 e. The van der Waals surface area contributed by atoms with E-state index in [0.717, 1.165) is 31.1 Å². The quantitative estimate of drug-likeness (QED) is 0.490. The Labute approximate surface area is 112 Å². The van der Waals surface area contributed by atoms with Crippen molar-refractivity contribution in [3.05, 3.63) is 35.9 Å². The topological polar surface area (TPSA) is 106 Å². The van der Waals surface area contributed by atoms with Crippen molar-refractivity contribution in [2.75, 3.05) is 13.1 Å². The SMILES string of the molecule is CC1=NCCN1.Cc1ccccc1.N=C=O.N=C=O. The summed E-state index contributed by atoms with van der Waals surface area (Å²) >= 11 is 0. The molecule has 102 valence electrons. The average Bonchev–Trinajstić information content (AvgIpc) is 2.84. The Hall–Kier alpha value is -2.55. The lowest BCUT2D eigenvalue weighted by Gasteiger charge is -1.85. The number of amidine groups is 1. The van der Waals surface area contributed by atoms with E-state index < -0.39 is 0 Å². The van der Waals surface area contributed by atoms with Gasteiger partial charge in [-0.05, 0) is 13.8 Å². The average molecular weight is 262 g/mol. The molecule has 0 bridgehead atoms. The first-order chi connectivity index (χ1) is 9.12. The van der Waals surface area contributed by atoms with E-state index in [2.05, 4.69) is 29.4 Å². The highest BCUT2D eigenvalue weighted by molar-refractivity contribution is 5.80. The van der Waals surface area contributed by atoms with E-state index in [1.807, 2.05) is 25.1 Å². The van der Waals surface area contributed by atoms with Crippen LogP contribution >= 0.6 is 0 Å². The number of benzene rings is 1. The maximum atomic E-state index is 8.35. The van der Waals surface area contributed by atoms with Crippen LogP contribution in [0.5, 0.6) is 0 Å². The molecule has 1 aliphatic rings. The summed E-state index contributed by atoms with van der Waals surface area (Å²) in [5, 5.41) is 13.9. The lowest BCUT2D eigenvalue weighted by atomic mass is 10.2. The molecule has 1 heterocycles. The number of isocyanates is 2. The Bertz CT molecular complexity index is 406. The summed E-state index contributed by atoms with van der Waals surface area (Å²) in [6.45, 7) is 6.06. The van der Waals surface area contributed by atoms with Crippen molar-refractivity contribution in [2.45, 2.75) is 13.8 Å². The highest BCUT2D eigenvalue weighted by Crippen LogP contribution is 1.92. The minimum atomic E-state index is 0.750. The van der Waals surface area contributed by atoms with Crippen LogP contribution in [-0.2, 0) is 9.59 Å². The van der Waals surface area contributed by atoms with Crippen LogP contribution in [0, 0.1) is 17.7 Å². The molecular weight excluding hydrogens is 244 g/mol. The molecule has 0 radical (unpaired) electrons. The van der Waals surface area contributed by atoms with Gasteiger partial charge in [-0.25, -0.2) is 20.4 Å². The van der Waals surface area contributed by atoms with Crippen LogP contribution < -0.4 is 5.32 Å². The summed E-state index contributed by atoms with van der Waals surface area (Å²) in [5.41, 5.74) is 1.32. The Kier molecular flexibility index (Phi) is 15.3. The van der Waals surface area contributed by atoms with Crippen LogP contribution in [0.1, 0.15) is 12.5 Å². The summed E-state index contributed by atoms with van der Waals surface area (Å²) in [6, 6.07) is 10.3. The molecule has 0 aromatic heterocycles. The van der Waals surface area contributed by atoms with Gasteiger partial charge < -0.3 is 5.32 Å². The normalized spacial score (nSPS) is 10.3. The number of hydrogen-bond acceptors (Lipinski definition) is 6. The number of nitrogens with one attached hydrogen (secondary N) is 3. The summed E-state index contributed by atoms with van der Waals surface area (Å²) in [4.78, 5) is 20.7. The third-order valence-corrected chi connectivity index (χ3v) is 1.78. The van der Waals surface area contributed by atoms with E-state index in [9.17, 15) is 0 Å². The van der Waals surface area contributed by atoms with Gasteiger partial charge >= 0.3 is 0 Å². The van der Waals surface area contributed by atoms with Crippen LogP contribution in [-0.4, -0.2) is 31.1 Å². The predicted molar refractivity (Wildman–Crippen MR) is 74.0 cm³/mol. The summed E-state index contributed by atoms with van der Waals surface area (Å²) in [6.07, 6.45) is 1.50. The van der Waals surface area contributed by atoms with E-state index in [1.165, 1.54) is 5.56 Å². The van der Waals surface area contributed by atoms with Crippen molar-refractivity contribution < 1.29 is 9.59 Å². The van der Waals surface area contributed by atoms with Gasteiger partial charge in [0.05, 0.1) is 12.4 Å². The summed E-state index contributed by atoms with van der Waals surface area (Å²) in [7, 11) is 0. The first-order valence-electron chi connectivity index (χ1n) is 5.46. The Morgan fingerprint density at radius 3 is 1.74 bits per heavy atom. The maximum Gasteiger partial charge on any atom is 0.231 e. The van der Waals surface area contributed by atoms with Crippen molar-refractivity contribution in [3.63, 3.8) is 0 Å². The summed E-state index contributed by atoms with van der Waals surface area (Å²) < 4.78 is 0. The third-order valence-electron chi connectivity index (χ3n) is 1.78. The number of rotatable bonds is 0. The second-order valence-corrected chi connectivity index (χ2v) is 3.25. The lowest BCUT2D eigenvalue weighted by Crippen LogP contribution is -2.13. The van der Waals surface area contributed by atoms with Crippen molar-refractivity contribution in [1.82, 2.24) is 5.32 Å². The maximum absolute atomic E-state index is 8.35. The molecule has 0 unspecified atom stereocenters. The van der Waals surface area contributed by atoms with Gasteiger partial charge in [-0.1, -0.05) is 35.9 Å². The van der Waals surface area contributed by atoms with Crippen LogP contribution in [0.3, 0.4) is 0 Å². The molecule has 2 rings (SSSR count). The van der Waals surface area contributed by atoms with Crippen LogP contribution in [0.15, 0.2) is 35.3 Å². The van der Waals surface area contributed by atoms with Gasteiger partial charge in [0, 0.05) is 6.54 Å². The van der Waals surface area contributed by atoms with Crippen LogP contribution in [0.2, 0.25) is 0 Å². The van der Waals surface area contributed by atoms with Crippen molar-refractivity contribution in [3.8, 4) is 0 Å². The van der Waals surface area contributed by atoms with Gasteiger partial charge in [0.15, 0.2) is 0 Å². The highest BCUT2D eigenvalue weighted by Gasteiger charge is 1.93. The zero-order valence-electron chi connectivity index (χ0n) is 11.1. The molecule has 19 heavy (non-hydrogen) atoms. The minimum Gasteiger partial charge on any atom is -0.372 e. The second kappa shape index (κ2) is 15.4. The van der Waals surface area contributed by atoms with Gasteiger partial charge in [0.1, 0.15) is 0 Å². The molecule has 0 atom stereocenters. The molecule has 6 heteroatoms. The molecule has 3 N–H and O–H groups in total.